The Labute approximate surface area is 848 Å². The first-order chi connectivity index (χ1) is 62.0. The van der Waals surface area contributed by atoms with Gasteiger partial charge in [0.25, 0.3) is 0 Å². The predicted molar refractivity (Wildman–Crippen MR) is 540 cm³/mol. The van der Waals surface area contributed by atoms with Crippen molar-refractivity contribution in [2.24, 2.45) is 17.8 Å². The van der Waals surface area contributed by atoms with E-state index in [1.54, 1.807) is 13.1 Å². The molecule has 4 aliphatic rings. The SMILES string of the molecule is CC(=O)C=C(C)O.CC(=O)C=C(C)O.CC(C)c1cccc(C(C)C)c1B1c2cc(-c3cccc4ccccc34)c[c-]c2-c2ncccc21.CC(C)c1cccc(C(C)C)c1B1c2cccnc2-c2[c-]ccnc21.Cc1cc(C(F)(F)F)[c-]c2c1B(C(C(C)C)(C(C)C)C(C)C)c1cccnc1-2.Cc1cc(C)c(B2c3cc(-c4ccccc4)c[c-]c3-c3ncccc32)c(C)c1.[Ir].[Ir].[Ir].[Ir]. The van der Waals surface area contributed by atoms with Crippen LogP contribution in [0.5, 0.6) is 0 Å². The van der Waals surface area contributed by atoms with Crippen molar-refractivity contribution in [3.05, 3.63) is 335 Å². The first-order valence-electron chi connectivity index (χ1n) is 45.5. The minimum Gasteiger partial charge on any atom is -0.512 e. The minimum atomic E-state index is -4.42. The maximum absolute atomic E-state index is 13.5. The Balaban J connectivity index is 0.000000190. The zero-order valence-electron chi connectivity index (χ0n) is 80.4. The fraction of sp³-hybridized carbons (Fsp3) is 0.272. The number of nitrogens with zero attached hydrogens (tertiary/aromatic N) is 5. The Bertz CT molecular complexity index is 6430. The normalized spacial score (nSPS) is 12.3. The fourth-order valence-electron chi connectivity index (χ4n) is 21.2. The number of pyridine rings is 5. The van der Waals surface area contributed by atoms with E-state index in [4.69, 9.17) is 25.2 Å². The third kappa shape index (κ3) is 22.5. The molecule has 0 spiro atoms. The molecule has 2 N–H and O–H groups in total. The zero-order valence-corrected chi connectivity index (χ0v) is 90.0. The molecule has 0 saturated heterocycles. The van der Waals surface area contributed by atoms with Crippen molar-refractivity contribution in [2.75, 3.05) is 0 Å². The number of aryl methyl sites for hydroxylation is 4. The third-order valence-electron chi connectivity index (χ3n) is 26.0. The molecule has 18 rings (SSSR count). The number of benzene rings is 9. The molecule has 9 heterocycles. The number of aliphatic hydroxyl groups is 2. The average molecular weight is 2490 g/mol. The van der Waals surface area contributed by atoms with E-state index in [-0.39, 0.29) is 136 Å². The van der Waals surface area contributed by atoms with Crippen LogP contribution in [0.2, 0.25) is 5.31 Å². The number of halogens is 3. The van der Waals surface area contributed by atoms with Crippen LogP contribution in [0, 0.1) is 69.7 Å². The van der Waals surface area contributed by atoms with Gasteiger partial charge in [-0.25, -0.2) is 0 Å². The third-order valence-corrected chi connectivity index (χ3v) is 26.0. The molecular formula is C114H116B4F3Ir4N5O4-4. The van der Waals surface area contributed by atoms with Crippen LogP contribution in [0.15, 0.2) is 261 Å². The van der Waals surface area contributed by atoms with Gasteiger partial charge in [0, 0.05) is 117 Å². The Hall–Kier alpha value is -9.94. The topological polar surface area (TPSA) is 139 Å². The van der Waals surface area contributed by atoms with Gasteiger partial charge in [-0.3, -0.25) is 9.59 Å². The molecule has 0 saturated carbocycles. The van der Waals surface area contributed by atoms with Gasteiger partial charge in [0.1, 0.15) is 0 Å². The van der Waals surface area contributed by atoms with Crippen LogP contribution in [-0.2, 0) is 96.2 Å². The van der Waals surface area contributed by atoms with Crippen molar-refractivity contribution in [1.29, 1.82) is 0 Å². The maximum Gasteiger partial charge on any atom is 0.399 e. The summed E-state index contributed by atoms with van der Waals surface area (Å²) in [5, 5.41) is 19.2. The van der Waals surface area contributed by atoms with Gasteiger partial charge < -0.3 is 35.1 Å². The fourth-order valence-corrected chi connectivity index (χ4v) is 21.2. The van der Waals surface area contributed by atoms with Gasteiger partial charge in [-0.15, -0.1) is 110 Å². The van der Waals surface area contributed by atoms with Gasteiger partial charge in [-0.05, 0) is 159 Å². The summed E-state index contributed by atoms with van der Waals surface area (Å²) in [5.41, 5.74) is 36.0. The predicted octanol–water partition coefficient (Wildman–Crippen LogP) is 21.0. The molecule has 9 aromatic carbocycles. The molecule has 134 heavy (non-hydrogen) atoms. The van der Waals surface area contributed by atoms with Gasteiger partial charge in [0.2, 0.25) is 6.71 Å². The monoisotopic (exact) mass is 2490 g/mol. The molecule has 0 atom stereocenters. The summed E-state index contributed by atoms with van der Waals surface area (Å²) in [7, 11) is 0. The number of ketones is 2. The van der Waals surface area contributed by atoms with Crippen LogP contribution in [0.25, 0.3) is 78.1 Å². The van der Waals surface area contributed by atoms with Gasteiger partial charge in [0.05, 0.1) is 11.5 Å². The molecule has 0 amide bonds. The molecular weight excluding hydrogens is 2370 g/mol. The summed E-state index contributed by atoms with van der Waals surface area (Å²) in [6, 6.07) is 86.2. The first-order valence-corrected chi connectivity index (χ1v) is 45.5. The van der Waals surface area contributed by atoms with Gasteiger partial charge in [0.15, 0.2) is 31.7 Å². The molecule has 0 bridgehead atoms. The van der Waals surface area contributed by atoms with Crippen LogP contribution in [-0.4, -0.2) is 73.6 Å². The molecule has 0 fully saturated rings. The summed E-state index contributed by atoms with van der Waals surface area (Å²) in [6.07, 6.45) is 7.09. The van der Waals surface area contributed by atoms with E-state index in [9.17, 15) is 22.8 Å². The van der Waals surface area contributed by atoms with Crippen LogP contribution >= 0.6 is 0 Å². The van der Waals surface area contributed by atoms with Crippen molar-refractivity contribution in [3.8, 4) is 67.3 Å². The van der Waals surface area contributed by atoms with Crippen molar-refractivity contribution >= 4 is 109 Å². The molecule has 0 aliphatic carbocycles. The van der Waals surface area contributed by atoms with Crippen LogP contribution in [0.1, 0.15) is 198 Å². The second-order valence-electron chi connectivity index (χ2n) is 37.2. The summed E-state index contributed by atoms with van der Waals surface area (Å²) >= 11 is 0. The van der Waals surface area contributed by atoms with E-state index in [0.29, 0.717) is 58.2 Å². The van der Waals surface area contributed by atoms with Crippen LogP contribution < -0.4 is 60.2 Å². The molecule has 9 nitrogen and oxygen atoms in total. The zero-order chi connectivity index (χ0) is 93.6. The summed E-state index contributed by atoms with van der Waals surface area (Å²) in [6.45, 7) is 46.4. The van der Waals surface area contributed by atoms with E-state index < -0.39 is 11.7 Å². The number of hydrogen-bond donors (Lipinski definition) is 2. The van der Waals surface area contributed by atoms with Crippen LogP contribution in [0.3, 0.4) is 0 Å². The largest absolute Gasteiger partial charge is 0.512 e. The van der Waals surface area contributed by atoms with E-state index >= 15 is 0 Å². The number of aliphatic hydroxyl groups excluding tert-OH is 2. The summed E-state index contributed by atoms with van der Waals surface area (Å²) < 4.78 is 40.4. The quantitative estimate of drug-likeness (QED) is 0.0444. The molecule has 14 aromatic rings. The Morgan fingerprint density at radius 2 is 0.776 bits per heavy atom. The number of alkyl halides is 3. The molecule has 5 aromatic heterocycles. The van der Waals surface area contributed by atoms with E-state index in [1.165, 1.54) is 162 Å². The molecule has 4 aliphatic heterocycles. The number of hydrogen-bond acceptors (Lipinski definition) is 9. The van der Waals surface area contributed by atoms with E-state index in [1.807, 2.05) is 49.1 Å². The Morgan fingerprint density at radius 1 is 0.381 bits per heavy atom. The number of aromatic nitrogens is 5. The number of fused-ring (bicyclic) bond motifs is 13. The second kappa shape index (κ2) is 46.3. The van der Waals surface area contributed by atoms with E-state index in [0.717, 1.165) is 50.3 Å². The first kappa shape index (κ1) is 108. The number of carbonyl (C=O) groups excluding carboxylic acids is 2. The van der Waals surface area contributed by atoms with Crippen molar-refractivity contribution < 1.29 is 113 Å². The van der Waals surface area contributed by atoms with Crippen molar-refractivity contribution in [3.63, 3.8) is 0 Å². The summed E-state index contributed by atoms with van der Waals surface area (Å²) in [5.74, 6) is 2.72. The second-order valence-corrected chi connectivity index (χ2v) is 37.2. The molecule has 4 radical (unpaired) electrons. The number of carbonyl (C=O) groups is 2. The Morgan fingerprint density at radius 3 is 1.22 bits per heavy atom. The van der Waals surface area contributed by atoms with E-state index in [2.05, 4.69) is 328 Å². The number of rotatable bonds is 15. The summed E-state index contributed by atoms with van der Waals surface area (Å²) in [4.78, 5) is 43.5. The minimum absolute atomic E-state index is 0. The standard InChI is InChI=1S/C33H29BN.C26H21BN.C23H28BF3N.C22H22BN2.2C5H8O2.4Ir/c1-21(2)25-13-8-14-26(22(3)4)32(25)34-30-16-9-19-35-33(30)29-18-17-24(20-31(29)34)28-15-7-11-23-10-5-6-12-27(23)28;1-17-14-18(2)25(19(3)15-17)27-23-10-7-13-28-26(23)22-12-11-21(16-24(22)27)20-8-5-4-6-9-20;1-13(2)22(14(3)4,15(5)6)24-19-9-8-10-28-21(19)18-12-17(23(25,26)27)11-16(7)20(18)24;1-14(2)16-8-5-9-17(15(3)4)20(16)23-19-11-7-12-24-21(19)18-10-6-13-25-22(18)23;2*1-4(6)3-5(2)7;;;;/h5-17,19-22H,1-4H3;4-11,13-16H,1-3H3;8-11,13-15H,1-7H3;5-9,11-15H,1-4H3;2*3,6H,1-2H3;;;;/q4*-1;;;;;;. The van der Waals surface area contributed by atoms with Crippen molar-refractivity contribution in [2.45, 2.75) is 187 Å². The molecule has 0 unspecified atom stereocenters. The Kier molecular flexibility index (Phi) is 37.2. The van der Waals surface area contributed by atoms with Gasteiger partial charge in [-0.1, -0.05) is 355 Å². The maximum atomic E-state index is 13.5. The molecule has 20 heteroatoms. The van der Waals surface area contributed by atoms with Crippen LogP contribution in [0.4, 0.5) is 13.2 Å². The van der Waals surface area contributed by atoms with Crippen molar-refractivity contribution in [1.82, 2.24) is 24.9 Å². The molecule has 694 valence electrons. The number of allylic oxidation sites excluding steroid dienone is 4. The average Bonchev–Trinajstić information content (AvgIpc) is 1.59. The smallest absolute Gasteiger partial charge is 0.399 e. The van der Waals surface area contributed by atoms with Gasteiger partial charge in [-0.2, -0.15) is 13.2 Å². The van der Waals surface area contributed by atoms with Gasteiger partial charge >= 0.3 is 6.18 Å².